The zero-order chi connectivity index (χ0) is 12.7. The van der Waals surface area contributed by atoms with Crippen molar-refractivity contribution in [2.45, 2.75) is 43.4 Å². The summed E-state index contributed by atoms with van der Waals surface area (Å²) in [5.74, 6) is -0.0215. The van der Waals surface area contributed by atoms with Crippen molar-refractivity contribution in [2.24, 2.45) is 5.73 Å². The van der Waals surface area contributed by atoms with E-state index < -0.39 is 0 Å². The van der Waals surface area contributed by atoms with Crippen LogP contribution >= 0.6 is 24.2 Å². The van der Waals surface area contributed by atoms with Crippen LogP contribution in [-0.2, 0) is 9.53 Å². The van der Waals surface area contributed by atoms with Gasteiger partial charge >= 0.3 is 0 Å². The van der Waals surface area contributed by atoms with Crippen LogP contribution in [0.25, 0.3) is 0 Å². The molecule has 0 aromatic carbocycles. The SMILES string of the molecule is CCCC(N)C(=O)NCC1(SC)CCOCC1.Cl. The van der Waals surface area contributed by atoms with Crippen molar-refractivity contribution in [3.8, 4) is 0 Å². The first-order valence-corrected chi connectivity index (χ1v) is 7.52. The number of amides is 1. The van der Waals surface area contributed by atoms with Gasteiger partial charge in [-0.3, -0.25) is 4.79 Å². The van der Waals surface area contributed by atoms with E-state index in [9.17, 15) is 4.79 Å². The first-order chi connectivity index (χ1) is 8.13. The molecule has 0 radical (unpaired) electrons. The van der Waals surface area contributed by atoms with Crippen LogP contribution in [0.4, 0.5) is 0 Å². The van der Waals surface area contributed by atoms with E-state index in [1.165, 1.54) is 0 Å². The summed E-state index contributed by atoms with van der Waals surface area (Å²) in [6, 6.07) is -0.362. The highest BCUT2D eigenvalue weighted by molar-refractivity contribution is 8.00. The third kappa shape index (κ3) is 5.34. The monoisotopic (exact) mass is 296 g/mol. The average molecular weight is 297 g/mol. The molecule has 1 rings (SSSR count). The van der Waals surface area contributed by atoms with Gasteiger partial charge in [-0.05, 0) is 25.5 Å². The Hall–Kier alpha value is 0.0300. The zero-order valence-electron chi connectivity index (χ0n) is 11.2. The molecule has 0 saturated carbocycles. The molecule has 0 bridgehead atoms. The fourth-order valence-electron chi connectivity index (χ4n) is 2.02. The lowest BCUT2D eigenvalue weighted by atomic mass is 9.98. The summed E-state index contributed by atoms with van der Waals surface area (Å²) < 4.78 is 5.51. The van der Waals surface area contributed by atoms with Crippen LogP contribution in [0.2, 0.25) is 0 Å². The fourth-order valence-corrected chi connectivity index (χ4v) is 2.81. The first-order valence-electron chi connectivity index (χ1n) is 6.30. The van der Waals surface area contributed by atoms with Crippen LogP contribution in [0.15, 0.2) is 0 Å². The molecule has 18 heavy (non-hydrogen) atoms. The lowest BCUT2D eigenvalue weighted by Crippen LogP contribution is -2.48. The Morgan fingerprint density at radius 3 is 2.61 bits per heavy atom. The summed E-state index contributed by atoms with van der Waals surface area (Å²) in [6.07, 6.45) is 5.79. The summed E-state index contributed by atoms with van der Waals surface area (Å²) in [6.45, 7) is 4.32. The van der Waals surface area contributed by atoms with Gasteiger partial charge in [-0.1, -0.05) is 13.3 Å². The molecule has 1 fully saturated rings. The van der Waals surface area contributed by atoms with Crippen molar-refractivity contribution < 1.29 is 9.53 Å². The van der Waals surface area contributed by atoms with Crippen LogP contribution in [0.3, 0.4) is 0 Å². The van der Waals surface area contributed by atoms with Gasteiger partial charge in [0.05, 0.1) is 6.04 Å². The Balaban J connectivity index is 0.00000289. The van der Waals surface area contributed by atoms with Gasteiger partial charge in [0.1, 0.15) is 0 Å². The van der Waals surface area contributed by atoms with Crippen molar-refractivity contribution in [3.63, 3.8) is 0 Å². The number of hydrogen-bond acceptors (Lipinski definition) is 4. The smallest absolute Gasteiger partial charge is 0.236 e. The molecule has 0 aliphatic carbocycles. The second-order valence-electron chi connectivity index (χ2n) is 4.61. The van der Waals surface area contributed by atoms with E-state index in [2.05, 4.69) is 11.6 Å². The Labute approximate surface area is 120 Å². The third-order valence-corrected chi connectivity index (χ3v) is 4.78. The van der Waals surface area contributed by atoms with Crippen LogP contribution in [0.5, 0.6) is 0 Å². The number of carbonyl (C=O) groups excluding carboxylic acids is 1. The van der Waals surface area contributed by atoms with Gasteiger partial charge in [0.15, 0.2) is 0 Å². The molecule has 3 N–H and O–H groups in total. The Kier molecular flexibility index (Phi) is 9.03. The van der Waals surface area contributed by atoms with Crippen molar-refractivity contribution in [2.75, 3.05) is 26.0 Å². The Morgan fingerprint density at radius 2 is 2.11 bits per heavy atom. The van der Waals surface area contributed by atoms with Gasteiger partial charge in [-0.2, -0.15) is 11.8 Å². The Morgan fingerprint density at radius 1 is 1.50 bits per heavy atom. The maximum absolute atomic E-state index is 11.8. The molecule has 0 spiro atoms. The van der Waals surface area contributed by atoms with Gasteiger partial charge in [-0.15, -0.1) is 12.4 Å². The fraction of sp³-hybridized carbons (Fsp3) is 0.917. The number of thioether (sulfide) groups is 1. The molecule has 1 aliphatic rings. The third-order valence-electron chi connectivity index (χ3n) is 3.36. The van der Waals surface area contributed by atoms with Crippen molar-refractivity contribution in [1.29, 1.82) is 0 Å². The summed E-state index contributed by atoms with van der Waals surface area (Å²) in [4.78, 5) is 11.8. The van der Waals surface area contributed by atoms with E-state index in [-0.39, 0.29) is 29.1 Å². The number of nitrogens with two attached hydrogens (primary N) is 1. The second-order valence-corrected chi connectivity index (χ2v) is 5.89. The first kappa shape index (κ1) is 18.0. The highest BCUT2D eigenvalue weighted by Crippen LogP contribution is 2.32. The Bertz CT molecular complexity index is 248. The molecule has 6 heteroatoms. The summed E-state index contributed by atoms with van der Waals surface area (Å²) in [5.41, 5.74) is 5.78. The highest BCUT2D eigenvalue weighted by atomic mass is 35.5. The summed E-state index contributed by atoms with van der Waals surface area (Å²) in [5, 5.41) is 2.99. The molecular weight excluding hydrogens is 272 g/mol. The van der Waals surface area contributed by atoms with Crippen LogP contribution < -0.4 is 11.1 Å². The normalized spacial score (nSPS) is 19.7. The molecule has 1 aliphatic heterocycles. The number of carbonyl (C=O) groups is 1. The quantitative estimate of drug-likeness (QED) is 0.781. The van der Waals surface area contributed by atoms with Gasteiger partial charge in [0, 0.05) is 24.5 Å². The largest absolute Gasteiger partial charge is 0.381 e. The molecule has 108 valence electrons. The standard InChI is InChI=1S/C12H24N2O2S.ClH/c1-3-4-10(13)11(15)14-9-12(17-2)5-7-16-8-6-12;/h10H,3-9,13H2,1-2H3,(H,14,15);1H. The topological polar surface area (TPSA) is 64.4 Å². The van der Waals surface area contributed by atoms with Crippen molar-refractivity contribution in [3.05, 3.63) is 0 Å². The number of rotatable bonds is 6. The predicted octanol–water partition coefficient (Wildman–Crippen LogP) is 1.56. The van der Waals surface area contributed by atoms with E-state index in [0.717, 1.165) is 38.9 Å². The van der Waals surface area contributed by atoms with E-state index in [1.807, 2.05) is 18.7 Å². The van der Waals surface area contributed by atoms with Gasteiger partial charge < -0.3 is 15.8 Å². The average Bonchev–Trinajstić information content (AvgIpc) is 2.37. The lowest BCUT2D eigenvalue weighted by Gasteiger charge is -2.36. The molecule has 1 atom stereocenters. The van der Waals surface area contributed by atoms with E-state index in [4.69, 9.17) is 10.5 Å². The predicted molar refractivity (Wildman–Crippen MR) is 79.4 cm³/mol. The number of hydrogen-bond donors (Lipinski definition) is 2. The maximum atomic E-state index is 11.8. The van der Waals surface area contributed by atoms with E-state index >= 15 is 0 Å². The summed E-state index contributed by atoms with van der Waals surface area (Å²) in [7, 11) is 0. The van der Waals surface area contributed by atoms with Crippen molar-refractivity contribution >= 4 is 30.1 Å². The van der Waals surface area contributed by atoms with Gasteiger partial charge in [0.2, 0.25) is 5.91 Å². The second kappa shape index (κ2) is 9.02. The van der Waals surface area contributed by atoms with Gasteiger partial charge in [0.25, 0.3) is 0 Å². The lowest BCUT2D eigenvalue weighted by molar-refractivity contribution is -0.122. The van der Waals surface area contributed by atoms with Crippen LogP contribution in [-0.4, -0.2) is 42.7 Å². The molecule has 0 aromatic rings. The molecular formula is C12H25ClN2O2S. The molecule has 1 unspecified atom stereocenters. The van der Waals surface area contributed by atoms with Crippen LogP contribution in [0.1, 0.15) is 32.6 Å². The maximum Gasteiger partial charge on any atom is 0.236 e. The van der Waals surface area contributed by atoms with E-state index in [1.54, 1.807) is 0 Å². The zero-order valence-corrected chi connectivity index (χ0v) is 12.9. The minimum Gasteiger partial charge on any atom is -0.381 e. The molecule has 1 heterocycles. The van der Waals surface area contributed by atoms with Crippen LogP contribution in [0, 0.1) is 0 Å². The summed E-state index contributed by atoms with van der Waals surface area (Å²) >= 11 is 1.82. The van der Waals surface area contributed by atoms with Gasteiger partial charge in [-0.25, -0.2) is 0 Å². The molecule has 1 amide bonds. The number of ether oxygens (including phenoxy) is 1. The molecule has 4 nitrogen and oxygen atoms in total. The highest BCUT2D eigenvalue weighted by Gasteiger charge is 2.32. The molecule has 0 aromatic heterocycles. The van der Waals surface area contributed by atoms with Crippen molar-refractivity contribution in [1.82, 2.24) is 5.32 Å². The minimum absolute atomic E-state index is 0. The van der Waals surface area contributed by atoms with E-state index in [0.29, 0.717) is 6.54 Å². The molecule has 1 saturated heterocycles. The number of nitrogens with one attached hydrogen (secondary N) is 1. The minimum atomic E-state index is -0.362. The number of halogens is 1.